The van der Waals surface area contributed by atoms with Crippen LogP contribution in [-0.2, 0) is 20.9 Å². The van der Waals surface area contributed by atoms with Crippen LogP contribution in [0.5, 0.6) is 0 Å². The van der Waals surface area contributed by atoms with Crippen LogP contribution in [0.25, 0.3) is 0 Å². The molecule has 0 saturated carbocycles. The molecule has 0 bridgehead atoms. The minimum Gasteiger partial charge on any atom is -0.481 e. The highest BCUT2D eigenvalue weighted by Crippen LogP contribution is 2.12. The van der Waals surface area contributed by atoms with Crippen molar-refractivity contribution >= 4 is 17.7 Å². The van der Waals surface area contributed by atoms with Crippen molar-refractivity contribution in [3.05, 3.63) is 23.9 Å². The average molecular weight is 293 g/mol. The quantitative estimate of drug-likeness (QED) is 0.789. The van der Waals surface area contributed by atoms with Gasteiger partial charge in [-0.3, -0.25) is 9.59 Å². The van der Waals surface area contributed by atoms with Crippen LogP contribution in [0.1, 0.15) is 18.4 Å². The van der Waals surface area contributed by atoms with E-state index in [2.05, 4.69) is 15.2 Å². The molecule has 0 unspecified atom stereocenters. The van der Waals surface area contributed by atoms with E-state index in [4.69, 9.17) is 9.84 Å². The summed E-state index contributed by atoms with van der Waals surface area (Å²) in [5, 5.41) is 11.2. The molecule has 1 fully saturated rings. The van der Waals surface area contributed by atoms with Crippen molar-refractivity contribution in [3.8, 4) is 0 Å². The van der Waals surface area contributed by atoms with Gasteiger partial charge in [-0.05, 0) is 11.6 Å². The van der Waals surface area contributed by atoms with E-state index < -0.39 is 5.97 Å². The Bertz CT molecular complexity index is 483. The fraction of sp³-hybridized carbons (Fsp3) is 0.500. The van der Waals surface area contributed by atoms with E-state index in [9.17, 15) is 9.59 Å². The lowest BCUT2D eigenvalue weighted by Crippen LogP contribution is -2.36. The highest BCUT2D eigenvalue weighted by Gasteiger charge is 2.12. The van der Waals surface area contributed by atoms with Gasteiger partial charge in [-0.1, -0.05) is 6.07 Å². The molecule has 1 aromatic heterocycles. The lowest BCUT2D eigenvalue weighted by Gasteiger charge is -2.27. The molecule has 0 aromatic carbocycles. The molecule has 0 spiro atoms. The lowest BCUT2D eigenvalue weighted by atomic mass is 10.2. The smallest absolute Gasteiger partial charge is 0.303 e. The number of amides is 1. The Hall–Kier alpha value is -2.15. The van der Waals surface area contributed by atoms with E-state index in [1.165, 1.54) is 0 Å². The minimum absolute atomic E-state index is 0.00533. The summed E-state index contributed by atoms with van der Waals surface area (Å²) in [6, 6.07) is 3.83. The number of nitrogens with one attached hydrogen (secondary N) is 1. The van der Waals surface area contributed by atoms with E-state index >= 15 is 0 Å². The molecule has 7 nitrogen and oxygen atoms in total. The number of carbonyl (C=O) groups is 2. The number of rotatable bonds is 6. The van der Waals surface area contributed by atoms with Gasteiger partial charge in [0.2, 0.25) is 5.91 Å². The van der Waals surface area contributed by atoms with Crippen LogP contribution in [0.15, 0.2) is 18.3 Å². The average Bonchev–Trinajstić information content (AvgIpc) is 2.52. The first-order valence-corrected chi connectivity index (χ1v) is 6.91. The van der Waals surface area contributed by atoms with Gasteiger partial charge in [0.1, 0.15) is 5.82 Å². The van der Waals surface area contributed by atoms with Crippen molar-refractivity contribution in [2.75, 3.05) is 31.2 Å². The number of aromatic nitrogens is 1. The van der Waals surface area contributed by atoms with Crippen LogP contribution >= 0.6 is 0 Å². The van der Waals surface area contributed by atoms with Gasteiger partial charge < -0.3 is 20.1 Å². The Balaban J connectivity index is 1.79. The second-order valence-electron chi connectivity index (χ2n) is 4.79. The fourth-order valence-corrected chi connectivity index (χ4v) is 2.01. The number of anilines is 1. The zero-order valence-electron chi connectivity index (χ0n) is 11.7. The van der Waals surface area contributed by atoms with E-state index in [1.54, 1.807) is 6.20 Å². The summed E-state index contributed by atoms with van der Waals surface area (Å²) in [5.74, 6) is -0.337. The van der Waals surface area contributed by atoms with Crippen molar-refractivity contribution < 1.29 is 19.4 Å². The third-order valence-electron chi connectivity index (χ3n) is 3.20. The van der Waals surface area contributed by atoms with Crippen molar-refractivity contribution in [2.24, 2.45) is 0 Å². The number of carboxylic acids is 1. The predicted octanol–water partition coefficient (Wildman–Crippen LogP) is 0.399. The van der Waals surface area contributed by atoms with Crippen LogP contribution in [0.2, 0.25) is 0 Å². The summed E-state index contributed by atoms with van der Waals surface area (Å²) in [4.78, 5) is 28.3. The van der Waals surface area contributed by atoms with Gasteiger partial charge in [0.15, 0.2) is 0 Å². The number of carboxylic acid groups (broad SMARTS) is 1. The number of hydrogen-bond donors (Lipinski definition) is 2. The van der Waals surface area contributed by atoms with Crippen LogP contribution in [-0.4, -0.2) is 48.3 Å². The zero-order chi connectivity index (χ0) is 15.1. The van der Waals surface area contributed by atoms with E-state index in [0.29, 0.717) is 19.8 Å². The molecule has 0 aliphatic carbocycles. The summed E-state index contributed by atoms with van der Waals surface area (Å²) in [6.07, 6.45) is 1.57. The number of ether oxygens (including phenoxy) is 1. The Morgan fingerprint density at radius 3 is 2.67 bits per heavy atom. The van der Waals surface area contributed by atoms with Gasteiger partial charge in [-0.2, -0.15) is 0 Å². The second kappa shape index (κ2) is 7.58. The molecular weight excluding hydrogens is 274 g/mol. The molecule has 0 atom stereocenters. The summed E-state index contributed by atoms with van der Waals surface area (Å²) in [6.45, 7) is 3.44. The van der Waals surface area contributed by atoms with Gasteiger partial charge in [0.25, 0.3) is 0 Å². The minimum atomic E-state index is -0.971. The van der Waals surface area contributed by atoms with Crippen molar-refractivity contribution in [3.63, 3.8) is 0 Å². The maximum atomic E-state index is 11.4. The molecule has 2 N–H and O–H groups in total. The van der Waals surface area contributed by atoms with Gasteiger partial charge in [0, 0.05) is 32.3 Å². The topological polar surface area (TPSA) is 91.8 Å². The molecule has 1 saturated heterocycles. The lowest BCUT2D eigenvalue weighted by molar-refractivity contribution is -0.138. The SMILES string of the molecule is O=C(O)CCC(=O)NCc1ccc(N2CCOCC2)nc1. The number of hydrogen-bond acceptors (Lipinski definition) is 5. The molecule has 114 valence electrons. The summed E-state index contributed by atoms with van der Waals surface area (Å²) >= 11 is 0. The van der Waals surface area contributed by atoms with Gasteiger partial charge >= 0.3 is 5.97 Å². The number of nitrogens with zero attached hydrogens (tertiary/aromatic N) is 2. The third kappa shape index (κ3) is 5.03. The molecule has 7 heteroatoms. The van der Waals surface area contributed by atoms with Gasteiger partial charge in [0.05, 0.1) is 19.6 Å². The number of morpholine rings is 1. The van der Waals surface area contributed by atoms with Crippen LogP contribution in [0.3, 0.4) is 0 Å². The monoisotopic (exact) mass is 293 g/mol. The van der Waals surface area contributed by atoms with Crippen LogP contribution in [0.4, 0.5) is 5.82 Å². The summed E-state index contributed by atoms with van der Waals surface area (Å²) < 4.78 is 5.29. The van der Waals surface area contributed by atoms with E-state index in [0.717, 1.165) is 24.5 Å². The van der Waals surface area contributed by atoms with E-state index in [-0.39, 0.29) is 18.7 Å². The largest absolute Gasteiger partial charge is 0.481 e. The maximum absolute atomic E-state index is 11.4. The molecule has 1 aliphatic rings. The first-order valence-electron chi connectivity index (χ1n) is 6.91. The second-order valence-corrected chi connectivity index (χ2v) is 4.79. The van der Waals surface area contributed by atoms with Gasteiger partial charge in [-0.25, -0.2) is 4.98 Å². The maximum Gasteiger partial charge on any atom is 0.303 e. The first-order chi connectivity index (χ1) is 10.1. The van der Waals surface area contributed by atoms with Crippen molar-refractivity contribution in [2.45, 2.75) is 19.4 Å². The third-order valence-corrected chi connectivity index (χ3v) is 3.20. The highest BCUT2D eigenvalue weighted by atomic mass is 16.5. The number of carbonyl (C=O) groups excluding carboxylic acids is 1. The zero-order valence-corrected chi connectivity index (χ0v) is 11.7. The van der Waals surface area contributed by atoms with Crippen molar-refractivity contribution in [1.82, 2.24) is 10.3 Å². The van der Waals surface area contributed by atoms with Gasteiger partial charge in [-0.15, -0.1) is 0 Å². The van der Waals surface area contributed by atoms with Crippen molar-refractivity contribution in [1.29, 1.82) is 0 Å². The molecule has 0 radical (unpaired) electrons. The Labute approximate surface area is 122 Å². The molecule has 1 aliphatic heterocycles. The van der Waals surface area contributed by atoms with E-state index in [1.807, 2.05) is 12.1 Å². The summed E-state index contributed by atoms with van der Waals surface area (Å²) in [5.41, 5.74) is 0.885. The van der Waals surface area contributed by atoms with Crippen LogP contribution < -0.4 is 10.2 Å². The Morgan fingerprint density at radius 1 is 1.29 bits per heavy atom. The molecular formula is C14H19N3O4. The fourth-order valence-electron chi connectivity index (χ4n) is 2.01. The highest BCUT2D eigenvalue weighted by molar-refractivity contribution is 5.80. The molecule has 2 rings (SSSR count). The Kier molecular flexibility index (Phi) is 5.51. The molecule has 1 amide bonds. The molecule has 21 heavy (non-hydrogen) atoms. The Morgan fingerprint density at radius 2 is 2.05 bits per heavy atom. The standard InChI is InChI=1S/C14H19N3O4/c18-13(3-4-14(19)20)16-10-11-1-2-12(15-9-11)17-5-7-21-8-6-17/h1-2,9H,3-8,10H2,(H,16,18)(H,19,20). The summed E-state index contributed by atoms with van der Waals surface area (Å²) in [7, 11) is 0. The predicted molar refractivity (Wildman–Crippen MR) is 76.0 cm³/mol. The number of aliphatic carboxylic acids is 1. The molecule has 2 heterocycles. The first kappa shape index (κ1) is 15.2. The van der Waals surface area contributed by atoms with Crippen LogP contribution in [0, 0.1) is 0 Å². The normalized spacial score (nSPS) is 14.8. The molecule has 1 aromatic rings. The number of pyridine rings is 1.